The van der Waals surface area contributed by atoms with Crippen LogP contribution in [0, 0.1) is 17.8 Å². The number of carbonyl (C=O) groups is 3. The molecule has 1 aliphatic heterocycles. The van der Waals surface area contributed by atoms with E-state index in [0.717, 1.165) is 0 Å². The van der Waals surface area contributed by atoms with Crippen LogP contribution in [-0.2, 0) is 28.6 Å². The van der Waals surface area contributed by atoms with E-state index in [9.17, 15) is 14.4 Å². The van der Waals surface area contributed by atoms with Crippen LogP contribution in [0.1, 0.15) is 6.42 Å². The monoisotopic (exact) mass is 368 g/mol. The molecule has 2 fully saturated rings. The summed E-state index contributed by atoms with van der Waals surface area (Å²) in [6.45, 7) is 0. The minimum Gasteiger partial charge on any atom is -0.469 e. The third-order valence-corrected chi connectivity index (χ3v) is 4.73. The van der Waals surface area contributed by atoms with Crippen molar-refractivity contribution in [1.82, 2.24) is 0 Å². The van der Waals surface area contributed by atoms with E-state index in [4.69, 9.17) is 14.2 Å². The van der Waals surface area contributed by atoms with Gasteiger partial charge >= 0.3 is 17.9 Å². The highest BCUT2D eigenvalue weighted by Crippen LogP contribution is 2.46. The van der Waals surface area contributed by atoms with E-state index in [1.165, 1.54) is 14.2 Å². The van der Waals surface area contributed by atoms with Crippen molar-refractivity contribution < 1.29 is 28.6 Å². The van der Waals surface area contributed by atoms with Gasteiger partial charge in [0.25, 0.3) is 0 Å². The number of rotatable bonds is 2. The van der Waals surface area contributed by atoms with Crippen molar-refractivity contribution in [2.24, 2.45) is 17.8 Å². The second-order valence-corrected chi connectivity index (χ2v) is 5.96. The highest BCUT2D eigenvalue weighted by molar-refractivity contribution is 14.1. The maximum Gasteiger partial charge on any atom is 0.313 e. The van der Waals surface area contributed by atoms with E-state index in [-0.39, 0.29) is 3.92 Å². The highest BCUT2D eigenvalue weighted by atomic mass is 127. The van der Waals surface area contributed by atoms with Crippen molar-refractivity contribution in [3.63, 3.8) is 0 Å². The fraction of sp³-hybridized carbons (Fsp3) is 0.727. The summed E-state index contributed by atoms with van der Waals surface area (Å²) in [5.74, 6) is -3.61. The molecule has 1 saturated carbocycles. The second-order valence-electron chi connectivity index (χ2n) is 4.36. The van der Waals surface area contributed by atoms with E-state index in [0.29, 0.717) is 6.42 Å². The third kappa shape index (κ3) is 1.98. The molecule has 6 nitrogen and oxygen atoms in total. The largest absolute Gasteiger partial charge is 0.469 e. The average Bonchev–Trinajstić information content (AvgIpc) is 2.65. The fourth-order valence-electron chi connectivity index (χ4n) is 2.68. The van der Waals surface area contributed by atoms with Gasteiger partial charge < -0.3 is 14.2 Å². The number of hydrogen-bond donors (Lipinski definition) is 0. The Morgan fingerprint density at radius 1 is 1.28 bits per heavy atom. The zero-order valence-corrected chi connectivity index (χ0v) is 12.1. The van der Waals surface area contributed by atoms with Gasteiger partial charge in [-0.25, -0.2) is 0 Å². The molecule has 5 atom stereocenters. The van der Waals surface area contributed by atoms with E-state index < -0.39 is 41.8 Å². The van der Waals surface area contributed by atoms with Crippen LogP contribution in [0.4, 0.5) is 0 Å². The molecule has 0 aromatic carbocycles. The van der Waals surface area contributed by atoms with Crippen molar-refractivity contribution >= 4 is 40.5 Å². The average molecular weight is 368 g/mol. The first-order valence-electron chi connectivity index (χ1n) is 5.51. The summed E-state index contributed by atoms with van der Waals surface area (Å²) in [6.07, 6.45) is -0.0293. The first kappa shape index (κ1) is 13.6. The zero-order valence-electron chi connectivity index (χ0n) is 9.92. The predicted molar refractivity (Wildman–Crippen MR) is 66.8 cm³/mol. The van der Waals surface area contributed by atoms with Gasteiger partial charge in [-0.05, 0) is 6.42 Å². The number of halogens is 1. The molecule has 18 heavy (non-hydrogen) atoms. The maximum absolute atomic E-state index is 11.8. The lowest BCUT2D eigenvalue weighted by Crippen LogP contribution is -2.46. The molecule has 0 radical (unpaired) electrons. The maximum atomic E-state index is 11.8. The van der Waals surface area contributed by atoms with Crippen molar-refractivity contribution in [2.75, 3.05) is 14.2 Å². The van der Waals surface area contributed by atoms with Crippen LogP contribution >= 0.6 is 22.6 Å². The van der Waals surface area contributed by atoms with Crippen LogP contribution in [0.2, 0.25) is 0 Å². The van der Waals surface area contributed by atoms with Gasteiger partial charge in [-0.15, -0.1) is 0 Å². The molecule has 2 rings (SSSR count). The van der Waals surface area contributed by atoms with Crippen LogP contribution in [0.15, 0.2) is 0 Å². The third-order valence-electron chi connectivity index (χ3n) is 3.51. The Bertz CT molecular complexity index is 395. The summed E-state index contributed by atoms with van der Waals surface area (Å²) in [4.78, 5) is 35.3. The molecule has 2 aliphatic rings. The topological polar surface area (TPSA) is 78.9 Å². The highest BCUT2D eigenvalue weighted by Gasteiger charge is 2.60. The summed E-state index contributed by atoms with van der Waals surface area (Å²) in [5.41, 5.74) is 0. The molecule has 1 heterocycles. The first-order valence-corrected chi connectivity index (χ1v) is 6.76. The van der Waals surface area contributed by atoms with E-state index in [1.807, 2.05) is 0 Å². The van der Waals surface area contributed by atoms with E-state index in [2.05, 4.69) is 22.6 Å². The molecule has 0 spiro atoms. The molecule has 0 amide bonds. The molecule has 1 aliphatic carbocycles. The Hall–Kier alpha value is -0.860. The first-order chi connectivity index (χ1) is 8.51. The van der Waals surface area contributed by atoms with E-state index >= 15 is 0 Å². The number of methoxy groups -OCH3 is 2. The Morgan fingerprint density at radius 2 is 1.89 bits per heavy atom. The lowest BCUT2D eigenvalue weighted by molar-refractivity contribution is -0.157. The Balaban J connectivity index is 2.35. The number of fused-ring (bicyclic) bond motifs is 2. The normalized spacial score (nSPS) is 37.9. The Kier molecular flexibility index (Phi) is 3.79. The summed E-state index contributed by atoms with van der Waals surface area (Å²) in [7, 11) is 2.53. The minimum atomic E-state index is -0.777. The van der Waals surface area contributed by atoms with Gasteiger partial charge in [-0.2, -0.15) is 0 Å². The molecule has 2 bridgehead atoms. The van der Waals surface area contributed by atoms with Crippen molar-refractivity contribution in [2.45, 2.75) is 16.4 Å². The number of alkyl halides is 1. The molecule has 0 aromatic heterocycles. The van der Waals surface area contributed by atoms with Crippen LogP contribution in [0.3, 0.4) is 0 Å². The van der Waals surface area contributed by atoms with Crippen LogP contribution in [0.5, 0.6) is 0 Å². The van der Waals surface area contributed by atoms with Gasteiger partial charge in [0.15, 0.2) is 0 Å². The van der Waals surface area contributed by atoms with Crippen LogP contribution in [0.25, 0.3) is 0 Å². The molecule has 0 N–H and O–H groups in total. The fourth-order valence-corrected chi connectivity index (χ4v) is 3.83. The van der Waals surface area contributed by atoms with Crippen molar-refractivity contribution in [3.8, 4) is 0 Å². The molecule has 1 saturated heterocycles. The van der Waals surface area contributed by atoms with Crippen molar-refractivity contribution in [1.29, 1.82) is 0 Å². The smallest absolute Gasteiger partial charge is 0.313 e. The lowest BCUT2D eigenvalue weighted by Gasteiger charge is -2.32. The zero-order chi connectivity index (χ0) is 13.4. The van der Waals surface area contributed by atoms with Crippen LogP contribution < -0.4 is 0 Å². The Labute approximate surface area is 117 Å². The van der Waals surface area contributed by atoms with Gasteiger partial charge in [-0.3, -0.25) is 14.4 Å². The van der Waals surface area contributed by atoms with Crippen LogP contribution in [-0.4, -0.2) is 42.2 Å². The molecular weight excluding hydrogens is 355 g/mol. The lowest BCUT2D eigenvalue weighted by atomic mass is 9.72. The summed E-state index contributed by atoms with van der Waals surface area (Å²) in [6, 6.07) is 0. The molecule has 100 valence electrons. The van der Waals surface area contributed by atoms with Gasteiger partial charge in [0.05, 0.1) is 26.1 Å². The molecule has 0 unspecified atom stereocenters. The van der Waals surface area contributed by atoms with Gasteiger partial charge in [0, 0.05) is 3.92 Å². The van der Waals surface area contributed by atoms with Gasteiger partial charge in [0.1, 0.15) is 12.0 Å². The number of esters is 3. The summed E-state index contributed by atoms with van der Waals surface area (Å²) in [5, 5.41) is 0. The number of carbonyl (C=O) groups excluding carboxylic acids is 3. The second kappa shape index (κ2) is 5.02. The predicted octanol–water partition coefficient (Wildman–Crippen LogP) is 0.314. The Morgan fingerprint density at radius 3 is 2.44 bits per heavy atom. The quantitative estimate of drug-likeness (QED) is 0.302. The van der Waals surface area contributed by atoms with Gasteiger partial charge in [0.2, 0.25) is 0 Å². The molecular formula is C11H13IO6. The van der Waals surface area contributed by atoms with Gasteiger partial charge in [-0.1, -0.05) is 22.6 Å². The molecule has 0 aromatic rings. The van der Waals surface area contributed by atoms with Crippen molar-refractivity contribution in [3.05, 3.63) is 0 Å². The standard InChI is InChI=1S/C11H13IO6/c1-16-9(13)4-3-5(12)8-7(10(14)17-2)6(4)11(15)18-8/h4-8H,3H2,1-2H3/t4-,5-,6-,7-,8-/m1/s1. The van der Waals surface area contributed by atoms with E-state index in [1.54, 1.807) is 0 Å². The number of ether oxygens (including phenoxy) is 3. The summed E-state index contributed by atoms with van der Waals surface area (Å²) >= 11 is 2.09. The minimum absolute atomic E-state index is 0.0986. The molecule has 7 heteroatoms. The summed E-state index contributed by atoms with van der Waals surface area (Å²) < 4.78 is 14.5. The number of hydrogen-bond acceptors (Lipinski definition) is 6. The SMILES string of the molecule is COC(=O)[C@H]1[C@@H]2OC(=O)[C@@H]1[C@H](C(=O)OC)C[C@H]2I.